The van der Waals surface area contributed by atoms with Crippen molar-refractivity contribution in [2.45, 2.75) is 58.3 Å². The van der Waals surface area contributed by atoms with E-state index >= 15 is 0 Å². The van der Waals surface area contributed by atoms with Crippen LogP contribution in [0.4, 0.5) is 0 Å². The largest absolute Gasteiger partial charge is 0.416 e. The van der Waals surface area contributed by atoms with Crippen LogP contribution in [0.3, 0.4) is 0 Å². The Morgan fingerprint density at radius 1 is 0.737 bits per heavy atom. The second-order valence-electron chi connectivity index (χ2n) is 6.76. The lowest BCUT2D eigenvalue weighted by molar-refractivity contribution is 0.228. The minimum absolute atomic E-state index is 0.223. The van der Waals surface area contributed by atoms with E-state index in [4.69, 9.17) is 22.2 Å². The maximum Gasteiger partial charge on any atom is 0.321 e. The summed E-state index contributed by atoms with van der Waals surface area (Å²) in [5.41, 5.74) is 6.06. The minimum Gasteiger partial charge on any atom is -0.416 e. The molecular weight excluding hydrogens is 310 g/mol. The zero-order valence-corrected chi connectivity index (χ0v) is 17.5. The molecule has 0 aromatic heterocycles. The average molecular weight is 340 g/mol. The molecule has 114 valence electrons. The van der Waals surface area contributed by atoms with Gasteiger partial charge in [-0.1, -0.05) is 6.92 Å². The zero-order valence-electron chi connectivity index (χ0n) is 13.5. The highest BCUT2D eigenvalue weighted by molar-refractivity contribution is 6.93. The number of hydrogen-bond donors (Lipinski definition) is 1. The van der Waals surface area contributed by atoms with Crippen LogP contribution in [-0.2, 0) is 16.5 Å². The van der Waals surface area contributed by atoms with Gasteiger partial charge in [-0.3, -0.25) is 0 Å². The molecule has 1 aliphatic rings. The van der Waals surface area contributed by atoms with Gasteiger partial charge in [0.25, 0.3) is 0 Å². The molecule has 0 saturated carbocycles. The van der Waals surface area contributed by atoms with Gasteiger partial charge < -0.3 is 22.2 Å². The summed E-state index contributed by atoms with van der Waals surface area (Å²) in [6.45, 7) is 17.2. The molecule has 0 bridgehead atoms. The van der Waals surface area contributed by atoms with Crippen molar-refractivity contribution < 1.29 is 16.5 Å². The van der Waals surface area contributed by atoms with Crippen LogP contribution in [0.1, 0.15) is 6.92 Å². The molecular formula is C10H29NO4Si4. The van der Waals surface area contributed by atoms with E-state index in [9.17, 15) is 0 Å². The van der Waals surface area contributed by atoms with Gasteiger partial charge in [-0.15, -0.1) is 0 Å². The Balaban J connectivity index is 3.11. The molecule has 1 unspecified atom stereocenters. The molecule has 2 N–H and O–H groups in total. The van der Waals surface area contributed by atoms with Crippen LogP contribution >= 0.6 is 0 Å². The van der Waals surface area contributed by atoms with E-state index in [1.165, 1.54) is 0 Å². The third-order valence-electron chi connectivity index (χ3n) is 3.13. The Labute approximate surface area is 121 Å². The van der Waals surface area contributed by atoms with Crippen molar-refractivity contribution in [3.63, 3.8) is 0 Å². The van der Waals surface area contributed by atoms with Crippen molar-refractivity contribution in [2.24, 2.45) is 5.73 Å². The van der Waals surface area contributed by atoms with Crippen molar-refractivity contribution in [1.82, 2.24) is 0 Å². The van der Waals surface area contributed by atoms with Crippen molar-refractivity contribution in [3.8, 4) is 0 Å². The molecule has 0 aromatic carbocycles. The highest BCUT2D eigenvalue weighted by atomic mass is 28.5. The summed E-state index contributed by atoms with van der Waals surface area (Å²) in [6.07, 6.45) is 0. The fraction of sp³-hybridized carbons (Fsp3) is 1.00. The van der Waals surface area contributed by atoms with Crippen LogP contribution < -0.4 is 5.73 Å². The standard InChI is InChI=1S/C10H29NO4Si4/c1-10(9-11)19(8)14-17(4,5)12-16(2,3)13-18(6,7)15-19/h10H,9,11H2,1-8H3. The van der Waals surface area contributed by atoms with Crippen LogP contribution in [0.15, 0.2) is 0 Å². The van der Waals surface area contributed by atoms with Crippen LogP contribution in [0, 0.1) is 0 Å². The van der Waals surface area contributed by atoms with Crippen molar-refractivity contribution in [2.75, 3.05) is 6.54 Å². The molecule has 0 spiro atoms. The molecule has 1 aliphatic heterocycles. The monoisotopic (exact) mass is 339 g/mol. The summed E-state index contributed by atoms with van der Waals surface area (Å²) >= 11 is 0. The van der Waals surface area contributed by atoms with Crippen molar-refractivity contribution in [1.29, 1.82) is 0 Å². The van der Waals surface area contributed by atoms with E-state index in [1.54, 1.807) is 0 Å². The third-order valence-corrected chi connectivity index (χ3v) is 20.2. The summed E-state index contributed by atoms with van der Waals surface area (Å²) < 4.78 is 25.4. The van der Waals surface area contributed by atoms with Gasteiger partial charge in [0.15, 0.2) is 0 Å². The first-order valence-electron chi connectivity index (χ1n) is 6.82. The van der Waals surface area contributed by atoms with Crippen molar-refractivity contribution >= 4 is 34.2 Å². The summed E-state index contributed by atoms with van der Waals surface area (Å²) in [6, 6.07) is 0. The first-order valence-corrected chi connectivity index (χ1v) is 17.7. The number of hydrogen-bond acceptors (Lipinski definition) is 5. The van der Waals surface area contributed by atoms with Crippen molar-refractivity contribution in [3.05, 3.63) is 0 Å². The lowest BCUT2D eigenvalue weighted by Crippen LogP contribution is -2.66. The Morgan fingerprint density at radius 2 is 1.05 bits per heavy atom. The van der Waals surface area contributed by atoms with E-state index < -0.39 is 34.2 Å². The van der Waals surface area contributed by atoms with Gasteiger partial charge in [-0.2, -0.15) is 0 Å². The predicted molar refractivity (Wildman–Crippen MR) is 86.9 cm³/mol. The quantitative estimate of drug-likeness (QED) is 0.783. The lowest BCUT2D eigenvalue weighted by Gasteiger charge is -2.49. The maximum atomic E-state index is 6.43. The molecule has 19 heavy (non-hydrogen) atoms. The van der Waals surface area contributed by atoms with E-state index in [2.05, 4.69) is 52.8 Å². The molecule has 1 rings (SSSR count). The Hall–Kier alpha value is 0.668. The molecule has 5 nitrogen and oxygen atoms in total. The minimum atomic E-state index is -2.39. The van der Waals surface area contributed by atoms with Crippen LogP contribution in [0.2, 0.25) is 51.4 Å². The molecule has 0 aromatic rings. The third kappa shape index (κ3) is 4.86. The molecule has 1 atom stereocenters. The summed E-state index contributed by atoms with van der Waals surface area (Å²) in [4.78, 5) is 0. The highest BCUT2D eigenvalue weighted by Crippen LogP contribution is 2.35. The summed E-state index contributed by atoms with van der Waals surface area (Å²) in [7, 11) is -9.06. The highest BCUT2D eigenvalue weighted by Gasteiger charge is 2.54. The van der Waals surface area contributed by atoms with Crippen LogP contribution in [0.25, 0.3) is 0 Å². The van der Waals surface area contributed by atoms with Gasteiger partial charge in [-0.05, 0) is 52.4 Å². The molecule has 1 heterocycles. The maximum absolute atomic E-state index is 6.43. The lowest BCUT2D eigenvalue weighted by atomic mass is 10.5. The van der Waals surface area contributed by atoms with E-state index in [1.807, 2.05) is 0 Å². The molecule has 0 radical (unpaired) electrons. The molecule has 0 amide bonds. The van der Waals surface area contributed by atoms with Gasteiger partial charge in [0.2, 0.25) is 0 Å². The van der Waals surface area contributed by atoms with E-state index in [0.717, 1.165) is 0 Å². The predicted octanol–water partition coefficient (Wildman–Crippen LogP) is 2.59. The first-order chi connectivity index (χ1) is 8.31. The van der Waals surface area contributed by atoms with Gasteiger partial charge in [-0.25, -0.2) is 0 Å². The van der Waals surface area contributed by atoms with Gasteiger partial charge in [0.1, 0.15) is 0 Å². The SMILES string of the molecule is CC(CN)[Si]1(C)O[Si](C)(C)O[Si](C)(C)O[Si](C)(C)O1. The Morgan fingerprint density at radius 3 is 1.37 bits per heavy atom. The Bertz CT molecular complexity index is 315. The average Bonchev–Trinajstić information content (AvgIpc) is 2.07. The van der Waals surface area contributed by atoms with Gasteiger partial charge in [0, 0.05) is 5.54 Å². The smallest absolute Gasteiger partial charge is 0.321 e. The van der Waals surface area contributed by atoms with E-state index in [0.29, 0.717) is 6.54 Å². The summed E-state index contributed by atoms with van der Waals surface area (Å²) in [5.74, 6) is 0. The number of nitrogens with two attached hydrogens (primary N) is 1. The second kappa shape index (κ2) is 5.46. The van der Waals surface area contributed by atoms with Crippen LogP contribution in [-0.4, -0.2) is 40.8 Å². The topological polar surface area (TPSA) is 62.9 Å². The molecule has 0 aliphatic carbocycles. The zero-order chi connectivity index (χ0) is 15.1. The fourth-order valence-electron chi connectivity index (χ4n) is 2.66. The number of rotatable bonds is 2. The first kappa shape index (κ1) is 17.7. The normalized spacial score (nSPS) is 30.2. The molecule has 1 fully saturated rings. The second-order valence-corrected chi connectivity index (χ2v) is 21.4. The van der Waals surface area contributed by atoms with E-state index in [-0.39, 0.29) is 5.54 Å². The molecule has 9 heteroatoms. The van der Waals surface area contributed by atoms with Gasteiger partial charge >= 0.3 is 34.2 Å². The van der Waals surface area contributed by atoms with Gasteiger partial charge in [0.05, 0.1) is 0 Å². The van der Waals surface area contributed by atoms with Crippen LogP contribution in [0.5, 0.6) is 0 Å². The summed E-state index contributed by atoms with van der Waals surface area (Å²) in [5, 5.41) is 0. The Kier molecular flexibility index (Phi) is 5.09. The molecule has 1 saturated heterocycles. The fourth-order valence-corrected chi connectivity index (χ4v) is 24.1.